The predicted molar refractivity (Wildman–Crippen MR) is 54.7 cm³/mol. The van der Waals surface area contributed by atoms with Crippen LogP contribution >= 0.6 is 0 Å². The van der Waals surface area contributed by atoms with Crippen molar-refractivity contribution in [2.24, 2.45) is 0 Å². The third kappa shape index (κ3) is 2.79. The molecule has 6 heteroatoms. The fourth-order valence-corrected chi connectivity index (χ4v) is 1.61. The molecule has 0 saturated heterocycles. The monoisotopic (exact) mass is 225 g/mol. The summed E-state index contributed by atoms with van der Waals surface area (Å²) in [4.78, 5) is 16.7. The van der Waals surface area contributed by atoms with E-state index in [0.29, 0.717) is 30.7 Å². The lowest BCUT2D eigenvalue weighted by Crippen LogP contribution is -2.31. The lowest BCUT2D eigenvalue weighted by molar-refractivity contribution is -0.138. The normalized spacial score (nSPS) is 15.6. The van der Waals surface area contributed by atoms with Crippen LogP contribution in [0.15, 0.2) is 4.52 Å². The topological polar surface area (TPSA) is 79.5 Å². The first-order valence-corrected chi connectivity index (χ1v) is 5.46. The molecular formula is C10H15N3O3. The van der Waals surface area contributed by atoms with E-state index < -0.39 is 5.97 Å². The average Bonchev–Trinajstić information content (AvgIpc) is 2.98. The number of carbonyl (C=O) groups is 1. The van der Waals surface area contributed by atoms with Crippen molar-refractivity contribution in [3.05, 3.63) is 11.7 Å². The molecule has 0 bridgehead atoms. The first-order valence-electron chi connectivity index (χ1n) is 5.46. The number of aromatic nitrogens is 2. The molecular weight excluding hydrogens is 210 g/mol. The number of carboxylic acids is 1. The highest BCUT2D eigenvalue weighted by molar-refractivity contribution is 5.69. The molecule has 16 heavy (non-hydrogen) atoms. The third-order valence-electron chi connectivity index (χ3n) is 2.56. The lowest BCUT2D eigenvalue weighted by atomic mass is 10.4. The van der Waals surface area contributed by atoms with Gasteiger partial charge in [0.15, 0.2) is 5.82 Å². The zero-order valence-electron chi connectivity index (χ0n) is 9.22. The van der Waals surface area contributed by atoms with Crippen molar-refractivity contribution in [1.29, 1.82) is 0 Å². The molecule has 0 spiro atoms. The van der Waals surface area contributed by atoms with Crippen LogP contribution in [0.25, 0.3) is 0 Å². The second kappa shape index (κ2) is 4.61. The summed E-state index contributed by atoms with van der Waals surface area (Å²) in [5, 5.41) is 12.6. The van der Waals surface area contributed by atoms with Gasteiger partial charge in [-0.15, -0.1) is 0 Å². The van der Waals surface area contributed by atoms with Crippen LogP contribution in [0.3, 0.4) is 0 Å². The third-order valence-corrected chi connectivity index (χ3v) is 2.56. The molecule has 0 aromatic carbocycles. The Hall–Kier alpha value is -1.43. The molecule has 1 heterocycles. The molecule has 1 aromatic heterocycles. The zero-order valence-corrected chi connectivity index (χ0v) is 9.22. The van der Waals surface area contributed by atoms with Crippen molar-refractivity contribution in [2.45, 2.75) is 38.8 Å². The Kier molecular flexibility index (Phi) is 3.19. The number of aryl methyl sites for hydroxylation is 1. The molecule has 0 atom stereocenters. The summed E-state index contributed by atoms with van der Waals surface area (Å²) >= 11 is 0. The average molecular weight is 225 g/mol. The molecule has 0 aliphatic heterocycles. The van der Waals surface area contributed by atoms with E-state index in [0.717, 1.165) is 12.8 Å². The van der Waals surface area contributed by atoms with E-state index >= 15 is 0 Å². The molecule has 1 fully saturated rings. The van der Waals surface area contributed by atoms with Gasteiger partial charge < -0.3 is 9.63 Å². The summed E-state index contributed by atoms with van der Waals surface area (Å²) in [7, 11) is 0. The van der Waals surface area contributed by atoms with Crippen LogP contribution in [-0.4, -0.2) is 38.7 Å². The zero-order chi connectivity index (χ0) is 11.5. The Labute approximate surface area is 93.2 Å². The Morgan fingerprint density at radius 2 is 2.38 bits per heavy atom. The first kappa shape index (κ1) is 11.1. The minimum atomic E-state index is -0.814. The van der Waals surface area contributed by atoms with Crippen molar-refractivity contribution in [3.63, 3.8) is 0 Å². The summed E-state index contributed by atoms with van der Waals surface area (Å²) in [5.74, 6) is 0.359. The van der Waals surface area contributed by atoms with Crippen LogP contribution in [0.2, 0.25) is 0 Å². The van der Waals surface area contributed by atoms with Crippen molar-refractivity contribution >= 4 is 5.97 Å². The van der Waals surface area contributed by atoms with Gasteiger partial charge in [-0.2, -0.15) is 4.98 Å². The Morgan fingerprint density at radius 3 is 2.88 bits per heavy atom. The molecule has 1 aliphatic carbocycles. The van der Waals surface area contributed by atoms with E-state index in [1.165, 1.54) is 0 Å². The number of hydrogen-bond acceptors (Lipinski definition) is 5. The fraction of sp³-hybridized carbons (Fsp3) is 0.700. The molecule has 1 aliphatic rings. The van der Waals surface area contributed by atoms with E-state index in [1.54, 1.807) is 0 Å². The SMILES string of the molecule is CCc1nc(CN(CC(=O)O)C2CC2)no1. The quantitative estimate of drug-likeness (QED) is 0.767. The molecule has 1 N–H and O–H groups in total. The maximum Gasteiger partial charge on any atom is 0.317 e. The summed E-state index contributed by atoms with van der Waals surface area (Å²) in [6.45, 7) is 2.44. The van der Waals surface area contributed by atoms with Crippen LogP contribution in [0.4, 0.5) is 0 Å². The summed E-state index contributed by atoms with van der Waals surface area (Å²) in [6.07, 6.45) is 2.83. The summed E-state index contributed by atoms with van der Waals surface area (Å²) in [5.41, 5.74) is 0. The molecule has 6 nitrogen and oxygen atoms in total. The van der Waals surface area contributed by atoms with Crippen LogP contribution < -0.4 is 0 Å². The predicted octanol–water partition coefficient (Wildman–Crippen LogP) is 0.681. The fourth-order valence-electron chi connectivity index (χ4n) is 1.61. The van der Waals surface area contributed by atoms with Gasteiger partial charge >= 0.3 is 5.97 Å². The smallest absolute Gasteiger partial charge is 0.317 e. The van der Waals surface area contributed by atoms with Gasteiger partial charge in [0.1, 0.15) is 0 Å². The minimum absolute atomic E-state index is 0.0423. The van der Waals surface area contributed by atoms with Crippen LogP contribution in [-0.2, 0) is 17.8 Å². The van der Waals surface area contributed by atoms with Crippen LogP contribution in [0.5, 0.6) is 0 Å². The standard InChI is InChI=1S/C10H15N3O3/c1-2-9-11-8(12-16-9)5-13(6-10(14)15)7-3-4-7/h7H,2-6H2,1H3,(H,14,15). The largest absolute Gasteiger partial charge is 0.480 e. The lowest BCUT2D eigenvalue weighted by Gasteiger charge is -2.16. The Morgan fingerprint density at radius 1 is 1.62 bits per heavy atom. The van der Waals surface area contributed by atoms with Gasteiger partial charge in [-0.05, 0) is 12.8 Å². The van der Waals surface area contributed by atoms with E-state index in [9.17, 15) is 4.79 Å². The second-order valence-electron chi connectivity index (χ2n) is 3.99. The summed E-state index contributed by atoms with van der Waals surface area (Å²) < 4.78 is 4.98. The molecule has 88 valence electrons. The van der Waals surface area contributed by atoms with Crippen molar-refractivity contribution in [1.82, 2.24) is 15.0 Å². The van der Waals surface area contributed by atoms with E-state index in [1.807, 2.05) is 11.8 Å². The number of hydrogen-bond donors (Lipinski definition) is 1. The van der Waals surface area contributed by atoms with Gasteiger partial charge in [-0.3, -0.25) is 9.69 Å². The minimum Gasteiger partial charge on any atom is -0.480 e. The summed E-state index contributed by atoms with van der Waals surface area (Å²) in [6, 6.07) is 0.375. The molecule has 2 rings (SSSR count). The van der Waals surface area contributed by atoms with Crippen molar-refractivity contribution in [3.8, 4) is 0 Å². The van der Waals surface area contributed by atoms with Gasteiger partial charge in [0.25, 0.3) is 0 Å². The molecule has 0 radical (unpaired) electrons. The van der Waals surface area contributed by atoms with Crippen LogP contribution in [0, 0.1) is 0 Å². The van der Waals surface area contributed by atoms with E-state index in [-0.39, 0.29) is 6.54 Å². The van der Waals surface area contributed by atoms with Crippen molar-refractivity contribution < 1.29 is 14.4 Å². The highest BCUT2D eigenvalue weighted by Gasteiger charge is 2.31. The van der Waals surface area contributed by atoms with Crippen molar-refractivity contribution in [2.75, 3.05) is 6.54 Å². The van der Waals surface area contributed by atoms with E-state index in [2.05, 4.69) is 10.1 Å². The molecule has 1 aromatic rings. The number of rotatable bonds is 6. The molecule has 0 unspecified atom stereocenters. The molecule has 1 saturated carbocycles. The Bertz CT molecular complexity index is 373. The molecule has 0 amide bonds. The Balaban J connectivity index is 1.96. The number of carboxylic acid groups (broad SMARTS) is 1. The highest BCUT2D eigenvalue weighted by Crippen LogP contribution is 2.27. The van der Waals surface area contributed by atoms with Gasteiger partial charge in [-0.1, -0.05) is 12.1 Å². The number of aliphatic carboxylic acids is 1. The van der Waals surface area contributed by atoms with E-state index in [4.69, 9.17) is 9.63 Å². The van der Waals surface area contributed by atoms with Gasteiger partial charge in [-0.25, -0.2) is 0 Å². The second-order valence-corrected chi connectivity index (χ2v) is 3.99. The van der Waals surface area contributed by atoms with Gasteiger partial charge in [0.05, 0.1) is 13.1 Å². The van der Waals surface area contributed by atoms with Crippen LogP contribution in [0.1, 0.15) is 31.5 Å². The maximum atomic E-state index is 10.7. The first-order chi connectivity index (χ1) is 7.69. The number of nitrogens with zero attached hydrogens (tertiary/aromatic N) is 3. The van der Waals surface area contributed by atoms with Gasteiger partial charge in [0.2, 0.25) is 5.89 Å². The van der Waals surface area contributed by atoms with Gasteiger partial charge in [0, 0.05) is 12.5 Å². The maximum absolute atomic E-state index is 10.7. The highest BCUT2D eigenvalue weighted by atomic mass is 16.5.